The predicted molar refractivity (Wildman–Crippen MR) is 151 cm³/mol. The van der Waals surface area contributed by atoms with Crippen molar-refractivity contribution in [2.24, 2.45) is 7.05 Å². The van der Waals surface area contributed by atoms with E-state index in [4.69, 9.17) is 16.6 Å². The zero-order chi connectivity index (χ0) is 26.2. The van der Waals surface area contributed by atoms with Crippen LogP contribution < -0.4 is 4.90 Å². The summed E-state index contributed by atoms with van der Waals surface area (Å²) in [6.45, 7) is 1.47. The molecule has 192 valence electrons. The lowest BCUT2D eigenvalue weighted by Crippen LogP contribution is -2.36. The van der Waals surface area contributed by atoms with E-state index in [-0.39, 0.29) is 11.9 Å². The Balaban J connectivity index is 1.47. The van der Waals surface area contributed by atoms with Crippen molar-refractivity contribution in [2.75, 3.05) is 18.0 Å². The number of anilines is 1. The average molecular weight is 526 g/mol. The maximum Gasteiger partial charge on any atom is 0.146 e. The molecular formula is C30H28ClN5O2. The third-order valence-corrected chi connectivity index (χ3v) is 7.56. The number of halogens is 1. The quantitative estimate of drug-likeness (QED) is 0.290. The van der Waals surface area contributed by atoms with Crippen LogP contribution in [0, 0.1) is 0 Å². The number of rotatable bonds is 5. The molecule has 2 aromatic carbocycles. The lowest BCUT2D eigenvalue weighted by Gasteiger charge is -2.34. The standard InChI is InChI=1S/C30H28ClN5O2/c1-35-18-32-17-25(35)27-29(38)21(9-12-33-27)15-19-7-8-24-23(16-19)28(36-13-10-22(37)11-14-36)26(30(31)34-24)20-5-3-2-4-6-20/h2-9,12,16-18,22,37-38H,10-11,13-15H2,1H3. The summed E-state index contributed by atoms with van der Waals surface area (Å²) in [6.07, 6.45) is 6.76. The fourth-order valence-corrected chi connectivity index (χ4v) is 5.57. The molecule has 0 radical (unpaired) electrons. The second-order valence-corrected chi connectivity index (χ2v) is 10.2. The molecule has 1 fully saturated rings. The highest BCUT2D eigenvalue weighted by molar-refractivity contribution is 6.34. The van der Waals surface area contributed by atoms with Crippen molar-refractivity contribution < 1.29 is 10.2 Å². The van der Waals surface area contributed by atoms with Gasteiger partial charge in [-0.2, -0.15) is 0 Å². The molecule has 0 amide bonds. The minimum atomic E-state index is -0.283. The highest BCUT2D eigenvalue weighted by Gasteiger charge is 2.25. The molecule has 1 aliphatic rings. The topological polar surface area (TPSA) is 87.3 Å². The number of aromatic nitrogens is 4. The van der Waals surface area contributed by atoms with Crippen LogP contribution >= 0.6 is 11.6 Å². The molecule has 4 heterocycles. The van der Waals surface area contributed by atoms with Gasteiger partial charge in [-0.15, -0.1) is 0 Å². The Morgan fingerprint density at radius 1 is 1.05 bits per heavy atom. The number of aromatic hydroxyl groups is 1. The van der Waals surface area contributed by atoms with Gasteiger partial charge < -0.3 is 19.7 Å². The van der Waals surface area contributed by atoms with Crippen molar-refractivity contribution in [1.29, 1.82) is 0 Å². The molecule has 5 aromatic rings. The molecule has 38 heavy (non-hydrogen) atoms. The van der Waals surface area contributed by atoms with Gasteiger partial charge in [-0.3, -0.25) is 4.98 Å². The molecule has 0 bridgehead atoms. The maximum atomic E-state index is 11.1. The summed E-state index contributed by atoms with van der Waals surface area (Å²) in [7, 11) is 1.88. The molecule has 3 aromatic heterocycles. The van der Waals surface area contributed by atoms with Crippen LogP contribution in [0.1, 0.15) is 24.0 Å². The zero-order valence-corrected chi connectivity index (χ0v) is 21.8. The third kappa shape index (κ3) is 4.48. The second-order valence-electron chi connectivity index (χ2n) is 9.80. The van der Waals surface area contributed by atoms with Crippen molar-refractivity contribution in [3.05, 3.63) is 89.6 Å². The molecule has 0 spiro atoms. The molecule has 0 unspecified atom stereocenters. The molecule has 6 rings (SSSR count). The summed E-state index contributed by atoms with van der Waals surface area (Å²) in [4.78, 5) is 15.7. The summed E-state index contributed by atoms with van der Waals surface area (Å²) in [5.41, 5.74) is 6.84. The SMILES string of the molecule is Cn1cncc1-c1nccc(Cc2ccc3nc(Cl)c(-c4ccccc4)c(N4CCC(O)CC4)c3c2)c1O. The summed E-state index contributed by atoms with van der Waals surface area (Å²) >= 11 is 6.83. The van der Waals surface area contributed by atoms with E-state index < -0.39 is 0 Å². The number of aliphatic hydroxyl groups excluding tert-OH is 1. The van der Waals surface area contributed by atoms with E-state index in [0.29, 0.717) is 30.1 Å². The van der Waals surface area contributed by atoms with Gasteiger partial charge in [0.1, 0.15) is 16.6 Å². The van der Waals surface area contributed by atoms with Crippen molar-refractivity contribution in [2.45, 2.75) is 25.4 Å². The van der Waals surface area contributed by atoms with E-state index in [1.165, 1.54) is 0 Å². The van der Waals surface area contributed by atoms with Crippen LogP contribution in [-0.2, 0) is 13.5 Å². The van der Waals surface area contributed by atoms with Gasteiger partial charge in [0.2, 0.25) is 0 Å². The monoisotopic (exact) mass is 525 g/mol. The summed E-state index contributed by atoms with van der Waals surface area (Å²) in [6, 6.07) is 18.1. The van der Waals surface area contributed by atoms with Crippen LogP contribution in [0.5, 0.6) is 5.75 Å². The second kappa shape index (κ2) is 10.1. The molecule has 0 aliphatic carbocycles. The van der Waals surface area contributed by atoms with Crippen LogP contribution in [0.15, 0.2) is 73.3 Å². The number of imidazole rings is 1. The Labute approximate surface area is 226 Å². The Morgan fingerprint density at radius 3 is 2.58 bits per heavy atom. The van der Waals surface area contributed by atoms with Crippen molar-refractivity contribution >= 4 is 28.2 Å². The first kappa shape index (κ1) is 24.4. The van der Waals surface area contributed by atoms with Gasteiger partial charge in [0.25, 0.3) is 0 Å². The number of benzene rings is 2. The highest BCUT2D eigenvalue weighted by atomic mass is 35.5. The van der Waals surface area contributed by atoms with Crippen molar-refractivity contribution in [1.82, 2.24) is 19.5 Å². The molecule has 8 heteroatoms. The fraction of sp³-hybridized carbons (Fsp3) is 0.233. The molecule has 7 nitrogen and oxygen atoms in total. The third-order valence-electron chi connectivity index (χ3n) is 7.28. The van der Waals surface area contributed by atoms with Crippen molar-refractivity contribution in [3.63, 3.8) is 0 Å². The number of pyridine rings is 2. The number of nitrogens with zero attached hydrogens (tertiary/aromatic N) is 5. The normalized spacial score (nSPS) is 14.3. The Bertz CT molecular complexity index is 1610. The lowest BCUT2D eigenvalue weighted by molar-refractivity contribution is 0.145. The number of aliphatic hydroxyl groups is 1. The number of fused-ring (bicyclic) bond motifs is 1. The average Bonchev–Trinajstić information content (AvgIpc) is 3.36. The van der Waals surface area contributed by atoms with E-state index in [1.807, 2.05) is 48.0 Å². The van der Waals surface area contributed by atoms with E-state index in [1.54, 1.807) is 18.7 Å². The van der Waals surface area contributed by atoms with Crippen LogP contribution in [-0.4, -0.2) is 48.9 Å². The summed E-state index contributed by atoms with van der Waals surface area (Å²) < 4.78 is 1.84. The van der Waals surface area contributed by atoms with Gasteiger partial charge >= 0.3 is 0 Å². The van der Waals surface area contributed by atoms with Crippen LogP contribution in [0.2, 0.25) is 5.15 Å². The van der Waals surface area contributed by atoms with E-state index in [9.17, 15) is 10.2 Å². The van der Waals surface area contributed by atoms with Crippen molar-refractivity contribution in [3.8, 4) is 28.3 Å². The molecular weight excluding hydrogens is 498 g/mol. The van der Waals surface area contributed by atoms with Gasteiger partial charge in [-0.25, -0.2) is 9.97 Å². The molecule has 1 saturated heterocycles. The first-order valence-electron chi connectivity index (χ1n) is 12.7. The smallest absolute Gasteiger partial charge is 0.146 e. The number of hydrogen-bond donors (Lipinski definition) is 2. The molecule has 0 saturated carbocycles. The predicted octanol–water partition coefficient (Wildman–Crippen LogP) is 5.61. The van der Waals surface area contributed by atoms with Gasteiger partial charge in [-0.05, 0) is 42.2 Å². The molecule has 2 N–H and O–H groups in total. The van der Waals surface area contributed by atoms with E-state index >= 15 is 0 Å². The Morgan fingerprint density at radius 2 is 1.84 bits per heavy atom. The number of aryl methyl sites for hydroxylation is 1. The van der Waals surface area contributed by atoms with Crippen LogP contribution in [0.25, 0.3) is 33.4 Å². The minimum Gasteiger partial charge on any atom is -0.505 e. The summed E-state index contributed by atoms with van der Waals surface area (Å²) in [5, 5.41) is 22.7. The van der Waals surface area contributed by atoms with E-state index in [0.717, 1.165) is 57.6 Å². The first-order valence-corrected chi connectivity index (χ1v) is 13.1. The maximum absolute atomic E-state index is 11.1. The fourth-order valence-electron chi connectivity index (χ4n) is 5.28. The van der Waals surface area contributed by atoms with E-state index in [2.05, 4.69) is 33.1 Å². The largest absolute Gasteiger partial charge is 0.505 e. The number of hydrogen-bond acceptors (Lipinski definition) is 6. The van der Waals surface area contributed by atoms with Crippen LogP contribution in [0.3, 0.4) is 0 Å². The summed E-state index contributed by atoms with van der Waals surface area (Å²) in [5.74, 6) is 0.153. The van der Waals surface area contributed by atoms with Gasteiger partial charge in [-0.1, -0.05) is 48.0 Å². The Hall–Kier alpha value is -3.94. The highest BCUT2D eigenvalue weighted by Crippen LogP contribution is 2.42. The zero-order valence-electron chi connectivity index (χ0n) is 21.0. The molecule has 0 atom stereocenters. The minimum absolute atomic E-state index is 0.153. The van der Waals surface area contributed by atoms with Gasteiger partial charge in [0.05, 0.1) is 35.5 Å². The first-order chi connectivity index (χ1) is 18.5. The van der Waals surface area contributed by atoms with Gasteiger partial charge in [0.15, 0.2) is 0 Å². The Kier molecular flexibility index (Phi) is 6.47. The lowest BCUT2D eigenvalue weighted by atomic mass is 9.96. The number of piperidine rings is 1. The van der Waals surface area contributed by atoms with Crippen LogP contribution in [0.4, 0.5) is 5.69 Å². The van der Waals surface area contributed by atoms with Gasteiger partial charge in [0, 0.05) is 49.3 Å². The molecule has 1 aliphatic heterocycles.